The molecule has 0 fully saturated rings. The third-order valence-electron chi connectivity index (χ3n) is 8.22. The first-order valence-corrected chi connectivity index (χ1v) is 19.7. The first kappa shape index (κ1) is 47.7. The highest BCUT2D eigenvalue weighted by molar-refractivity contribution is 7.85. The zero-order valence-corrected chi connectivity index (χ0v) is 33.5. The van der Waals surface area contributed by atoms with E-state index in [-0.39, 0.29) is 64.7 Å². The first-order valence-electron chi connectivity index (χ1n) is 18.1. The number of imide groups is 1. The van der Waals surface area contributed by atoms with E-state index in [1.165, 1.54) is 0 Å². The number of nitrogens with one attached hydrogen (secondary N) is 4. The van der Waals surface area contributed by atoms with Crippen LogP contribution in [0.3, 0.4) is 0 Å². The van der Waals surface area contributed by atoms with Crippen molar-refractivity contribution in [1.82, 2.24) is 25.8 Å². The highest BCUT2D eigenvalue weighted by Gasteiger charge is 2.31. The zero-order chi connectivity index (χ0) is 42.9. The van der Waals surface area contributed by atoms with Gasteiger partial charge in [-0.15, -0.1) is 0 Å². The van der Waals surface area contributed by atoms with Crippen molar-refractivity contribution in [2.24, 2.45) is 17.1 Å². The number of nitrogens with zero attached hydrogens (tertiary/aromatic N) is 2. The fourth-order valence-electron chi connectivity index (χ4n) is 4.97. The van der Waals surface area contributed by atoms with Crippen molar-refractivity contribution in [3.05, 3.63) is 42.0 Å². The molecule has 0 saturated carbocycles. The molecule has 1 heterocycles. The molecule has 1 unspecified atom stereocenters. The molecule has 2 atom stereocenters. The predicted molar refractivity (Wildman–Crippen MR) is 204 cm³/mol. The van der Waals surface area contributed by atoms with Gasteiger partial charge < -0.3 is 41.4 Å². The number of carbonyl (C=O) groups excluding carboxylic acids is 8. The zero-order valence-electron chi connectivity index (χ0n) is 32.7. The second kappa shape index (κ2) is 22.4. The van der Waals surface area contributed by atoms with E-state index in [1.54, 1.807) is 58.9 Å². The first-order chi connectivity index (χ1) is 26.6. The molecule has 0 saturated heterocycles. The third-order valence-corrected chi connectivity index (χ3v) is 8.90. The Labute approximate surface area is 331 Å². The van der Waals surface area contributed by atoms with E-state index in [0.717, 1.165) is 17.1 Å². The minimum atomic E-state index is -4.30. The van der Waals surface area contributed by atoms with Gasteiger partial charge in [0.25, 0.3) is 21.9 Å². The number of amides is 8. The van der Waals surface area contributed by atoms with Crippen LogP contribution >= 0.6 is 0 Å². The maximum absolute atomic E-state index is 13.6. The number of benzene rings is 1. The SMILES string of the molecule is CC(C)C(NC(=O)CCN(CCOCCS(=O)(=O)O)C(=O)CN1C(=O)C=CC1=O)C(=O)N[C@@H](CCCNC(N)=O)C(=O)Nc1ccc(COC(=O)C(C)(C)C)cc1. The van der Waals surface area contributed by atoms with Crippen LogP contribution < -0.4 is 27.0 Å². The second-order valence-corrected chi connectivity index (χ2v) is 16.0. The molecular weight excluding hydrogens is 770 g/mol. The summed E-state index contributed by atoms with van der Waals surface area (Å²) in [6.07, 6.45) is 1.97. The van der Waals surface area contributed by atoms with Gasteiger partial charge in [0.2, 0.25) is 23.6 Å². The number of ether oxygens (including phenoxy) is 2. The number of rotatable bonds is 23. The van der Waals surface area contributed by atoms with Gasteiger partial charge in [0.15, 0.2) is 0 Å². The molecule has 0 bridgehead atoms. The highest BCUT2D eigenvalue weighted by Crippen LogP contribution is 2.18. The molecule has 0 aromatic heterocycles. The van der Waals surface area contributed by atoms with Crippen molar-refractivity contribution in [1.29, 1.82) is 0 Å². The standard InChI is InChI=1S/C36H53N7O13S/c1-23(2)31(41-27(44)14-16-42(17-18-55-19-20-57(52,53)54)30(47)21-43-28(45)12-13-29(43)46)33(49)40-26(7-6-15-38-35(37)51)32(48)39-25-10-8-24(9-11-25)22-56-34(50)36(3,4)5/h8-13,23,26,31H,6-7,14-22H2,1-5H3,(H,39,48)(H,40,49)(H,41,44)(H3,37,38,51)(H,52,53,54)/t26-,31?/m0/s1. The molecule has 0 aliphatic carbocycles. The van der Waals surface area contributed by atoms with Gasteiger partial charge in [-0.25, -0.2) is 4.79 Å². The predicted octanol–water partition coefficient (Wildman–Crippen LogP) is -0.163. The van der Waals surface area contributed by atoms with E-state index in [1.807, 2.05) is 0 Å². The number of nitrogens with two attached hydrogens (primary N) is 1. The Hall–Kier alpha value is -5.41. The number of primary amides is 1. The van der Waals surface area contributed by atoms with Crippen molar-refractivity contribution in [3.63, 3.8) is 0 Å². The lowest BCUT2D eigenvalue weighted by Gasteiger charge is -2.27. The lowest BCUT2D eigenvalue weighted by molar-refractivity contribution is -0.154. The van der Waals surface area contributed by atoms with E-state index in [9.17, 15) is 46.8 Å². The summed E-state index contributed by atoms with van der Waals surface area (Å²) >= 11 is 0. The maximum atomic E-state index is 13.6. The van der Waals surface area contributed by atoms with E-state index < -0.39 is 87.3 Å². The summed E-state index contributed by atoms with van der Waals surface area (Å²) in [6.45, 7) is 7.00. The summed E-state index contributed by atoms with van der Waals surface area (Å²) in [5.41, 5.74) is 5.53. The molecule has 1 aliphatic heterocycles. The summed E-state index contributed by atoms with van der Waals surface area (Å²) in [7, 11) is -4.30. The Balaban J connectivity index is 2.11. The summed E-state index contributed by atoms with van der Waals surface area (Å²) in [5.74, 6) is -5.63. The quantitative estimate of drug-likeness (QED) is 0.0363. The van der Waals surface area contributed by atoms with Crippen LogP contribution in [0.25, 0.3) is 0 Å². The van der Waals surface area contributed by atoms with Gasteiger partial charge in [0, 0.05) is 43.9 Å². The average molecular weight is 824 g/mol. The fourth-order valence-corrected chi connectivity index (χ4v) is 5.30. The Morgan fingerprint density at radius 3 is 2.12 bits per heavy atom. The van der Waals surface area contributed by atoms with Crippen LogP contribution in [0, 0.1) is 11.3 Å². The second-order valence-electron chi connectivity index (χ2n) is 14.4. The molecule has 1 aliphatic rings. The Morgan fingerprint density at radius 1 is 0.930 bits per heavy atom. The molecule has 1 aromatic rings. The lowest BCUT2D eigenvalue weighted by atomic mass is 9.97. The number of anilines is 1. The van der Waals surface area contributed by atoms with Crippen LogP contribution in [0.4, 0.5) is 10.5 Å². The van der Waals surface area contributed by atoms with Crippen LogP contribution in [-0.4, -0.2) is 127 Å². The molecule has 8 amide bonds. The fraction of sp³-hybridized carbons (Fsp3) is 0.556. The number of carbonyl (C=O) groups is 8. The van der Waals surface area contributed by atoms with Crippen LogP contribution in [0.1, 0.15) is 59.4 Å². The number of hydrogen-bond acceptors (Lipinski definition) is 12. The number of urea groups is 1. The van der Waals surface area contributed by atoms with Crippen molar-refractivity contribution in [2.45, 2.75) is 72.6 Å². The summed E-state index contributed by atoms with van der Waals surface area (Å²) in [5, 5.41) is 10.4. The van der Waals surface area contributed by atoms with Crippen LogP contribution in [0.15, 0.2) is 36.4 Å². The number of esters is 1. The Morgan fingerprint density at radius 2 is 1.56 bits per heavy atom. The largest absolute Gasteiger partial charge is 0.460 e. The van der Waals surface area contributed by atoms with Crippen molar-refractivity contribution < 1.29 is 60.8 Å². The molecule has 0 spiro atoms. The van der Waals surface area contributed by atoms with E-state index in [4.69, 9.17) is 19.8 Å². The van der Waals surface area contributed by atoms with Gasteiger partial charge >= 0.3 is 12.0 Å². The lowest BCUT2D eigenvalue weighted by Crippen LogP contribution is -2.55. The van der Waals surface area contributed by atoms with E-state index in [0.29, 0.717) is 16.2 Å². The molecule has 20 nitrogen and oxygen atoms in total. The summed E-state index contributed by atoms with van der Waals surface area (Å²) in [4.78, 5) is 102. The molecule has 1 aromatic carbocycles. The normalized spacial score (nSPS) is 13.8. The summed E-state index contributed by atoms with van der Waals surface area (Å²) < 4.78 is 41.4. The highest BCUT2D eigenvalue weighted by atomic mass is 32.2. The molecule has 2 rings (SSSR count). The monoisotopic (exact) mass is 823 g/mol. The molecule has 21 heteroatoms. The smallest absolute Gasteiger partial charge is 0.312 e. The van der Waals surface area contributed by atoms with E-state index >= 15 is 0 Å². The maximum Gasteiger partial charge on any atom is 0.312 e. The van der Waals surface area contributed by atoms with E-state index in [2.05, 4.69) is 21.3 Å². The van der Waals surface area contributed by atoms with Gasteiger partial charge in [-0.2, -0.15) is 8.42 Å². The van der Waals surface area contributed by atoms with Crippen LogP contribution in [0.5, 0.6) is 0 Å². The minimum Gasteiger partial charge on any atom is -0.460 e. The van der Waals surface area contributed by atoms with Crippen molar-refractivity contribution in [2.75, 3.05) is 50.5 Å². The van der Waals surface area contributed by atoms with Crippen LogP contribution in [-0.2, 0) is 59.8 Å². The van der Waals surface area contributed by atoms with Gasteiger partial charge in [0.05, 0.1) is 24.4 Å². The van der Waals surface area contributed by atoms with Crippen LogP contribution in [0.2, 0.25) is 0 Å². The van der Waals surface area contributed by atoms with Gasteiger partial charge in [-0.05, 0) is 57.2 Å². The average Bonchev–Trinajstić information content (AvgIpc) is 3.43. The van der Waals surface area contributed by atoms with Crippen molar-refractivity contribution >= 4 is 63.2 Å². The van der Waals surface area contributed by atoms with Crippen molar-refractivity contribution in [3.8, 4) is 0 Å². The molecular formula is C36H53N7O13S. The topological polar surface area (TPSA) is 290 Å². The molecule has 7 N–H and O–H groups in total. The molecule has 0 radical (unpaired) electrons. The molecule has 57 heavy (non-hydrogen) atoms. The van der Waals surface area contributed by atoms with Gasteiger partial charge in [0.1, 0.15) is 25.2 Å². The van der Waals surface area contributed by atoms with Gasteiger partial charge in [-0.3, -0.25) is 43.0 Å². The summed E-state index contributed by atoms with van der Waals surface area (Å²) in [6, 6.07) is 3.47. The Kier molecular flexibility index (Phi) is 18.7. The Bertz CT molecular complexity index is 1740. The van der Waals surface area contributed by atoms with Gasteiger partial charge in [-0.1, -0.05) is 26.0 Å². The molecule has 316 valence electrons. The third kappa shape index (κ3) is 17.9. The minimum absolute atomic E-state index is 0.0267. The number of hydrogen-bond donors (Lipinski definition) is 6.